The summed E-state index contributed by atoms with van der Waals surface area (Å²) >= 11 is 0. The van der Waals surface area contributed by atoms with Crippen LogP contribution in [0, 0.1) is 0 Å². The van der Waals surface area contributed by atoms with Gasteiger partial charge in [-0.2, -0.15) is 0 Å². The van der Waals surface area contributed by atoms with Crippen LogP contribution in [0.4, 0.5) is 0 Å². The molecule has 0 atom stereocenters. The molecule has 0 saturated carbocycles. The molecule has 0 aliphatic carbocycles. The zero-order chi connectivity index (χ0) is 64.0. The molecule has 0 aromatic carbocycles. The molecule has 9 N–H and O–H groups in total. The zero-order valence-electron chi connectivity index (χ0n) is 52.0. The molecule has 0 aromatic heterocycles. The van der Waals surface area contributed by atoms with E-state index in [0.29, 0.717) is 251 Å². The summed E-state index contributed by atoms with van der Waals surface area (Å²) in [5.74, 6) is -2.91. The van der Waals surface area contributed by atoms with Crippen molar-refractivity contribution in [3.8, 4) is 0 Å². The van der Waals surface area contributed by atoms with Crippen molar-refractivity contribution in [1.29, 1.82) is 0 Å². The highest BCUT2D eigenvalue weighted by Crippen LogP contribution is 1.91. The second kappa shape index (κ2) is 70.0. The van der Waals surface area contributed by atoms with Gasteiger partial charge in [-0.3, -0.25) is 33.6 Å². The molecule has 0 aliphatic heterocycles. The molecule has 0 rings (SSSR count). The maximum Gasteiger partial charge on any atom is 0.239 e. The third-order valence-corrected chi connectivity index (χ3v) is 10.6. The molecule has 0 aromatic rings. The van der Waals surface area contributed by atoms with Crippen molar-refractivity contribution < 1.29 is 119 Å². The molecule has 0 bridgehead atoms. The molecule has 33 nitrogen and oxygen atoms in total. The van der Waals surface area contributed by atoms with Crippen LogP contribution in [0.3, 0.4) is 0 Å². The molecular weight excluding hydrogens is 1170 g/mol. The number of amides is 7. The van der Waals surface area contributed by atoms with E-state index in [1.807, 2.05) is 6.92 Å². The van der Waals surface area contributed by atoms with Crippen LogP contribution in [0.5, 0.6) is 0 Å². The Hall–Kier alpha value is -4.47. The third-order valence-electron chi connectivity index (χ3n) is 10.6. The van der Waals surface area contributed by atoms with Crippen molar-refractivity contribution in [3.05, 3.63) is 0 Å². The molecule has 0 spiro atoms. The normalized spacial score (nSPS) is 11.2. The topological polar surface area (TPSA) is 396 Å². The summed E-state index contributed by atoms with van der Waals surface area (Å²) in [6.07, 6.45) is 1.51. The summed E-state index contributed by atoms with van der Waals surface area (Å²) in [5, 5.41) is 17.3. The van der Waals surface area contributed by atoms with Crippen LogP contribution >= 0.6 is 0 Å². The highest BCUT2D eigenvalue weighted by atomic mass is 16.6. The number of nitrogens with two attached hydrogens (primary N) is 1. The van der Waals surface area contributed by atoms with Gasteiger partial charge in [-0.1, -0.05) is 6.92 Å². The molecule has 88 heavy (non-hydrogen) atoms. The maximum absolute atomic E-state index is 12.0. The first-order valence-corrected chi connectivity index (χ1v) is 30.1. The first-order chi connectivity index (χ1) is 43.2. The second-order valence-corrected chi connectivity index (χ2v) is 17.9. The Kier molecular flexibility index (Phi) is 66.4. The first-order valence-electron chi connectivity index (χ1n) is 30.1. The number of carbonyl (C=O) groups is 7. The van der Waals surface area contributed by atoms with E-state index < -0.39 is 42.6 Å². The van der Waals surface area contributed by atoms with Crippen LogP contribution in [-0.2, 0) is 119 Å². The lowest BCUT2D eigenvalue weighted by atomic mass is 10.4. The molecule has 0 heterocycles. The summed E-state index contributed by atoms with van der Waals surface area (Å²) in [5.41, 5.74) is 5.11. The Bertz CT molecular complexity index is 1640. The van der Waals surface area contributed by atoms with Crippen LogP contribution in [0.1, 0.15) is 26.2 Å². The van der Waals surface area contributed by atoms with Gasteiger partial charge < -0.3 is 128 Å². The van der Waals surface area contributed by atoms with Crippen molar-refractivity contribution >= 4 is 41.4 Å². The fraction of sp³-hybridized carbons (Fsp3) is 0.873. The number of rotatable bonds is 71. The van der Waals surface area contributed by atoms with E-state index in [4.69, 9.17) is 91.0 Å². The molecular formula is C55H106N8O25. The smallest absolute Gasteiger partial charge is 0.239 e. The average molecular weight is 1280 g/mol. The Morgan fingerprint density at radius 1 is 0.216 bits per heavy atom. The fourth-order valence-corrected chi connectivity index (χ4v) is 6.06. The quantitative estimate of drug-likeness (QED) is 0.0265. The van der Waals surface area contributed by atoms with Gasteiger partial charge in [-0.25, -0.2) is 0 Å². The third kappa shape index (κ3) is 69.0. The van der Waals surface area contributed by atoms with E-state index in [2.05, 4.69) is 37.2 Å². The van der Waals surface area contributed by atoms with Crippen LogP contribution < -0.4 is 43.0 Å². The number of nitrogens with one attached hydrogen (secondary N) is 7. The lowest BCUT2D eigenvalue weighted by molar-refractivity contribution is -0.129. The van der Waals surface area contributed by atoms with E-state index in [1.165, 1.54) is 0 Å². The van der Waals surface area contributed by atoms with E-state index in [1.54, 1.807) is 0 Å². The van der Waals surface area contributed by atoms with E-state index >= 15 is 0 Å². The number of hydrogen-bond donors (Lipinski definition) is 8. The highest BCUT2D eigenvalue weighted by Gasteiger charge is 2.11. The van der Waals surface area contributed by atoms with Gasteiger partial charge in [0.15, 0.2) is 0 Å². The molecule has 516 valence electrons. The SMILES string of the molecule is CCCNC(=O)CCOCCOCCOCCOCCOCCOCCNC(=O)CCOCCOCCOCCOCCOCCOCCOCCOCCOCCOCCOCCOCCNC(=O)CNC(=O)CNC(=O)CNC(=O)CNC(=O)CN. The molecule has 0 radical (unpaired) electrons. The van der Waals surface area contributed by atoms with Gasteiger partial charge in [-0.05, 0) is 6.42 Å². The van der Waals surface area contributed by atoms with Gasteiger partial charge >= 0.3 is 0 Å². The Morgan fingerprint density at radius 3 is 0.602 bits per heavy atom. The minimum atomic E-state index is -0.631. The number of carbonyl (C=O) groups excluding carboxylic acids is 7. The molecule has 0 saturated heterocycles. The second-order valence-electron chi connectivity index (χ2n) is 17.9. The molecule has 0 fully saturated rings. The Balaban J connectivity index is 3.24. The van der Waals surface area contributed by atoms with E-state index in [9.17, 15) is 33.6 Å². The van der Waals surface area contributed by atoms with Crippen molar-refractivity contribution in [2.24, 2.45) is 5.73 Å². The fourth-order valence-electron chi connectivity index (χ4n) is 6.06. The van der Waals surface area contributed by atoms with E-state index in [-0.39, 0.29) is 51.0 Å². The summed E-state index contributed by atoms with van der Waals surface area (Å²) in [4.78, 5) is 81.5. The highest BCUT2D eigenvalue weighted by molar-refractivity contribution is 5.91. The van der Waals surface area contributed by atoms with Gasteiger partial charge in [-0.15, -0.1) is 0 Å². The lowest BCUT2D eigenvalue weighted by Gasteiger charge is -2.10. The van der Waals surface area contributed by atoms with Crippen molar-refractivity contribution in [2.75, 3.05) is 290 Å². The van der Waals surface area contributed by atoms with Crippen LogP contribution in [0.25, 0.3) is 0 Å². The first kappa shape index (κ1) is 83.5. The zero-order valence-corrected chi connectivity index (χ0v) is 52.0. The Morgan fingerprint density at radius 2 is 0.386 bits per heavy atom. The Labute approximate surface area is 518 Å². The summed E-state index contributed by atoms with van der Waals surface area (Å²) in [7, 11) is 0. The summed E-state index contributed by atoms with van der Waals surface area (Å²) in [6.45, 7) is 16.6. The molecule has 7 amide bonds. The van der Waals surface area contributed by atoms with Gasteiger partial charge in [0, 0.05) is 32.5 Å². The minimum Gasteiger partial charge on any atom is -0.379 e. The van der Waals surface area contributed by atoms with Crippen molar-refractivity contribution in [2.45, 2.75) is 26.2 Å². The van der Waals surface area contributed by atoms with Gasteiger partial charge in [0.05, 0.1) is 271 Å². The van der Waals surface area contributed by atoms with Crippen LogP contribution in [0.15, 0.2) is 0 Å². The standard InChI is InChI=1S/C55H106N8O25/c1-2-5-57-49(64)3-8-71-12-16-75-20-24-79-28-30-81-26-22-77-18-14-73-10-6-58-50(65)4-9-72-13-17-76-21-25-80-29-32-83-34-36-85-38-40-87-42-43-88-41-39-86-37-35-84-33-31-82-27-23-78-19-15-74-11-7-59-52(67)45-61-54(69)47-63-55(70)48-62-53(68)46-60-51(66)44-56/h2-48,56H2,1H3,(H,57,64)(H,58,65)(H,59,67)(H,60,66)(H,61,69)(H,62,68)(H,63,70). The molecule has 33 heteroatoms. The molecule has 0 aliphatic rings. The predicted molar refractivity (Wildman–Crippen MR) is 314 cm³/mol. The van der Waals surface area contributed by atoms with E-state index in [0.717, 1.165) is 6.42 Å². The van der Waals surface area contributed by atoms with Gasteiger partial charge in [0.2, 0.25) is 41.4 Å². The predicted octanol–water partition coefficient (Wildman–Crippen LogP) is -4.75. The molecule has 0 unspecified atom stereocenters. The largest absolute Gasteiger partial charge is 0.379 e. The number of ether oxygens (including phenoxy) is 18. The van der Waals surface area contributed by atoms with Crippen LogP contribution in [-0.4, -0.2) is 332 Å². The van der Waals surface area contributed by atoms with Crippen LogP contribution in [0.2, 0.25) is 0 Å². The monoisotopic (exact) mass is 1280 g/mol. The lowest BCUT2D eigenvalue weighted by Crippen LogP contribution is -2.46. The average Bonchev–Trinajstić information content (AvgIpc) is 3.53. The van der Waals surface area contributed by atoms with Gasteiger partial charge in [0.25, 0.3) is 0 Å². The van der Waals surface area contributed by atoms with Gasteiger partial charge in [0.1, 0.15) is 0 Å². The summed E-state index contributed by atoms with van der Waals surface area (Å²) in [6, 6.07) is 0. The van der Waals surface area contributed by atoms with Crippen molar-refractivity contribution in [1.82, 2.24) is 37.2 Å². The number of hydrogen-bond acceptors (Lipinski definition) is 26. The minimum absolute atomic E-state index is 0.0000590. The van der Waals surface area contributed by atoms with Crippen molar-refractivity contribution in [3.63, 3.8) is 0 Å². The summed E-state index contributed by atoms with van der Waals surface area (Å²) < 4.78 is 98.5. The maximum atomic E-state index is 12.0.